The topological polar surface area (TPSA) is 81.9 Å². The minimum Gasteiger partial charge on any atom is -0.493 e. The molecule has 0 aromatic heterocycles. The van der Waals surface area contributed by atoms with Crippen LogP contribution in [0, 0.1) is 0 Å². The Labute approximate surface area is 178 Å². The summed E-state index contributed by atoms with van der Waals surface area (Å²) in [5, 5.41) is 0. The third-order valence-electron chi connectivity index (χ3n) is 5.18. The Morgan fingerprint density at radius 3 is 2.67 bits per heavy atom. The first-order valence-corrected chi connectivity index (χ1v) is 10.7. The van der Waals surface area contributed by atoms with Crippen LogP contribution < -0.4 is 20.1 Å². The number of hydrogen-bond acceptors (Lipinski definition) is 4. The minimum atomic E-state index is -0.589. The molecule has 160 valence electrons. The molecule has 30 heavy (non-hydrogen) atoms. The highest BCUT2D eigenvalue weighted by atomic mass is 16.5. The summed E-state index contributed by atoms with van der Waals surface area (Å²) in [6.45, 7) is 3.17. The summed E-state index contributed by atoms with van der Waals surface area (Å²) in [6.07, 6.45) is 4.35. The number of rotatable bonds is 11. The van der Waals surface area contributed by atoms with Gasteiger partial charge in [-0.05, 0) is 24.6 Å². The Kier molecular flexibility index (Phi) is 7.71. The summed E-state index contributed by atoms with van der Waals surface area (Å²) >= 11 is 0. The molecule has 1 aliphatic rings. The van der Waals surface area contributed by atoms with Crippen LogP contribution in [0.5, 0.6) is 11.5 Å². The zero-order valence-electron chi connectivity index (χ0n) is 17.5. The Bertz CT molecular complexity index is 868. The summed E-state index contributed by atoms with van der Waals surface area (Å²) in [5.41, 5.74) is 6.89. The van der Waals surface area contributed by atoms with Crippen LogP contribution in [0.2, 0.25) is 0 Å². The lowest BCUT2D eigenvalue weighted by atomic mass is 10.1. The molecule has 1 heterocycles. The lowest BCUT2D eigenvalue weighted by Gasteiger charge is -2.34. The normalized spacial score (nSPS) is 15.4. The molecular formula is C24H30N2O4. The lowest BCUT2D eigenvalue weighted by Crippen LogP contribution is -2.47. The Morgan fingerprint density at radius 1 is 1.10 bits per heavy atom. The number of nitrogens with zero attached hydrogens (tertiary/aromatic N) is 1. The number of ether oxygens (including phenoxy) is 2. The lowest BCUT2D eigenvalue weighted by molar-refractivity contribution is -0.127. The van der Waals surface area contributed by atoms with Crippen molar-refractivity contribution in [1.82, 2.24) is 0 Å². The standard InChI is InChI=1S/C24H30N2O4/c1-2-3-4-9-15-26-19-11-6-8-13-21(19)30-22(24(26)28)14-16-29-20-12-7-5-10-18(20)17-23(25)27/h5-8,10-13,22H,2-4,9,14-17H2,1H3,(H2,25,27). The van der Waals surface area contributed by atoms with E-state index in [1.54, 1.807) is 6.07 Å². The Morgan fingerprint density at radius 2 is 1.87 bits per heavy atom. The number of nitrogens with two attached hydrogens (primary N) is 1. The highest BCUT2D eigenvalue weighted by molar-refractivity contribution is 6.00. The second-order valence-corrected chi connectivity index (χ2v) is 7.51. The highest BCUT2D eigenvalue weighted by Crippen LogP contribution is 2.34. The third-order valence-corrected chi connectivity index (χ3v) is 5.18. The summed E-state index contributed by atoms with van der Waals surface area (Å²) in [5.74, 6) is 0.898. The van der Waals surface area contributed by atoms with Crippen molar-refractivity contribution < 1.29 is 19.1 Å². The van der Waals surface area contributed by atoms with Gasteiger partial charge in [-0.2, -0.15) is 0 Å². The zero-order valence-corrected chi connectivity index (χ0v) is 17.5. The van der Waals surface area contributed by atoms with E-state index in [1.807, 2.05) is 47.4 Å². The van der Waals surface area contributed by atoms with E-state index in [4.69, 9.17) is 15.2 Å². The number of carbonyl (C=O) groups is 2. The van der Waals surface area contributed by atoms with Crippen molar-refractivity contribution in [3.8, 4) is 11.5 Å². The van der Waals surface area contributed by atoms with Gasteiger partial charge in [0.2, 0.25) is 5.91 Å². The highest BCUT2D eigenvalue weighted by Gasteiger charge is 2.33. The molecule has 6 nitrogen and oxygen atoms in total. The van der Waals surface area contributed by atoms with Crippen LogP contribution in [0.1, 0.15) is 44.6 Å². The average molecular weight is 411 g/mol. The van der Waals surface area contributed by atoms with Gasteiger partial charge in [-0.3, -0.25) is 9.59 Å². The predicted molar refractivity (Wildman–Crippen MR) is 117 cm³/mol. The second kappa shape index (κ2) is 10.7. The van der Waals surface area contributed by atoms with Crippen LogP contribution >= 0.6 is 0 Å². The van der Waals surface area contributed by atoms with Crippen LogP contribution in [0.4, 0.5) is 5.69 Å². The van der Waals surface area contributed by atoms with Gasteiger partial charge in [0, 0.05) is 18.5 Å². The number of unbranched alkanes of at least 4 members (excludes halogenated alkanes) is 3. The van der Waals surface area contributed by atoms with Gasteiger partial charge >= 0.3 is 0 Å². The largest absolute Gasteiger partial charge is 0.493 e. The van der Waals surface area contributed by atoms with Gasteiger partial charge in [0.05, 0.1) is 18.7 Å². The van der Waals surface area contributed by atoms with Crippen LogP contribution in [0.3, 0.4) is 0 Å². The molecule has 1 atom stereocenters. The fourth-order valence-corrected chi connectivity index (χ4v) is 3.64. The maximum Gasteiger partial charge on any atom is 0.268 e. The van der Waals surface area contributed by atoms with Crippen LogP contribution in [-0.4, -0.2) is 31.1 Å². The molecule has 0 radical (unpaired) electrons. The molecule has 0 saturated heterocycles. The number of carbonyl (C=O) groups excluding carboxylic acids is 2. The fraction of sp³-hybridized carbons (Fsp3) is 0.417. The van der Waals surface area contributed by atoms with Crippen molar-refractivity contribution in [2.75, 3.05) is 18.1 Å². The number of para-hydroxylation sites is 3. The number of hydrogen-bond donors (Lipinski definition) is 1. The molecular weight excluding hydrogens is 380 g/mol. The third kappa shape index (κ3) is 5.53. The number of primary amides is 1. The van der Waals surface area contributed by atoms with Crippen molar-refractivity contribution in [2.45, 2.75) is 51.6 Å². The van der Waals surface area contributed by atoms with Gasteiger partial charge < -0.3 is 20.1 Å². The molecule has 0 aliphatic carbocycles. The van der Waals surface area contributed by atoms with Crippen molar-refractivity contribution in [2.24, 2.45) is 5.73 Å². The van der Waals surface area contributed by atoms with E-state index in [1.165, 1.54) is 6.42 Å². The quantitative estimate of drug-likeness (QED) is 0.571. The molecule has 0 spiro atoms. The molecule has 2 aromatic carbocycles. The predicted octanol–water partition coefficient (Wildman–Crippen LogP) is 3.86. The second-order valence-electron chi connectivity index (χ2n) is 7.51. The number of amides is 2. The Hall–Kier alpha value is -3.02. The van der Waals surface area contributed by atoms with Gasteiger partial charge in [-0.25, -0.2) is 0 Å². The number of anilines is 1. The maximum atomic E-state index is 13.1. The molecule has 0 saturated carbocycles. The average Bonchev–Trinajstić information content (AvgIpc) is 2.74. The molecule has 0 fully saturated rings. The molecule has 0 bridgehead atoms. The molecule has 2 N–H and O–H groups in total. The minimum absolute atomic E-state index is 0.0285. The van der Waals surface area contributed by atoms with Gasteiger partial charge in [0.1, 0.15) is 11.5 Å². The van der Waals surface area contributed by atoms with Crippen molar-refractivity contribution >= 4 is 17.5 Å². The summed E-state index contributed by atoms with van der Waals surface area (Å²) in [7, 11) is 0. The van der Waals surface area contributed by atoms with Crippen LogP contribution in [0.15, 0.2) is 48.5 Å². The molecule has 1 unspecified atom stereocenters. The molecule has 1 aliphatic heterocycles. The van der Waals surface area contributed by atoms with E-state index in [2.05, 4.69) is 6.92 Å². The van der Waals surface area contributed by atoms with Gasteiger partial charge in [0.15, 0.2) is 6.10 Å². The van der Waals surface area contributed by atoms with Gasteiger partial charge in [0.25, 0.3) is 5.91 Å². The molecule has 3 rings (SSSR count). The fourth-order valence-electron chi connectivity index (χ4n) is 3.64. The molecule has 2 amide bonds. The van der Waals surface area contributed by atoms with E-state index in [-0.39, 0.29) is 12.3 Å². The monoisotopic (exact) mass is 410 g/mol. The summed E-state index contributed by atoms with van der Waals surface area (Å²) in [6, 6.07) is 15.0. The van der Waals surface area contributed by atoms with Crippen molar-refractivity contribution in [3.63, 3.8) is 0 Å². The number of fused-ring (bicyclic) bond motifs is 1. The first-order chi connectivity index (χ1) is 14.6. The van der Waals surface area contributed by atoms with E-state index in [0.29, 0.717) is 25.3 Å². The summed E-state index contributed by atoms with van der Waals surface area (Å²) < 4.78 is 11.9. The van der Waals surface area contributed by atoms with Gasteiger partial charge in [-0.1, -0.05) is 56.5 Å². The first-order valence-electron chi connectivity index (χ1n) is 10.7. The number of benzene rings is 2. The SMILES string of the molecule is CCCCCCN1C(=O)C(CCOc2ccccc2CC(N)=O)Oc2ccccc21. The van der Waals surface area contributed by atoms with Crippen molar-refractivity contribution in [1.29, 1.82) is 0 Å². The molecule has 6 heteroatoms. The van der Waals surface area contributed by atoms with E-state index < -0.39 is 12.0 Å². The van der Waals surface area contributed by atoms with Crippen LogP contribution in [0.25, 0.3) is 0 Å². The van der Waals surface area contributed by atoms with E-state index in [0.717, 1.165) is 36.3 Å². The van der Waals surface area contributed by atoms with Crippen LogP contribution in [-0.2, 0) is 16.0 Å². The van der Waals surface area contributed by atoms with Crippen molar-refractivity contribution in [3.05, 3.63) is 54.1 Å². The van der Waals surface area contributed by atoms with E-state index >= 15 is 0 Å². The first kappa shape index (κ1) is 21.7. The van der Waals surface area contributed by atoms with Gasteiger partial charge in [-0.15, -0.1) is 0 Å². The zero-order chi connectivity index (χ0) is 21.3. The smallest absolute Gasteiger partial charge is 0.268 e. The summed E-state index contributed by atoms with van der Waals surface area (Å²) in [4.78, 5) is 26.2. The van der Waals surface area contributed by atoms with E-state index in [9.17, 15) is 9.59 Å². The molecule has 2 aromatic rings. The Balaban J connectivity index is 1.64. The maximum absolute atomic E-state index is 13.1.